The van der Waals surface area contributed by atoms with E-state index in [1.54, 1.807) is 0 Å². The van der Waals surface area contributed by atoms with E-state index in [9.17, 15) is 5.11 Å². The Morgan fingerprint density at radius 3 is 2.97 bits per heavy atom. The van der Waals surface area contributed by atoms with Gasteiger partial charge in [-0.3, -0.25) is 0 Å². The Bertz CT molecular complexity index is 1290. The summed E-state index contributed by atoms with van der Waals surface area (Å²) < 4.78 is 11.3. The second-order valence-electron chi connectivity index (χ2n) is 8.61. The molecule has 1 aromatic carbocycles. The number of fused-ring (bicyclic) bond motifs is 2. The van der Waals surface area contributed by atoms with Gasteiger partial charge in [0.25, 0.3) is 0 Å². The Hall–Kier alpha value is -3.21. The van der Waals surface area contributed by atoms with Crippen LogP contribution < -0.4 is 9.80 Å². The first-order valence-electron chi connectivity index (χ1n) is 11.4. The number of ether oxygens (including phenoxy) is 2. The SMILES string of the molecule is C[C@H]1COCCN1c1nc(N2CCOC(CO)C2)nc2nc(-c3cccc4[nH]ccc34)[nH]c12. The minimum absolute atomic E-state index is 0.0284. The third kappa shape index (κ3) is 3.60. The molecule has 172 valence electrons. The van der Waals surface area contributed by atoms with E-state index >= 15 is 0 Å². The lowest BCUT2D eigenvalue weighted by Crippen LogP contribution is -2.46. The van der Waals surface area contributed by atoms with Gasteiger partial charge < -0.3 is 34.3 Å². The first-order valence-corrected chi connectivity index (χ1v) is 11.4. The predicted molar refractivity (Wildman–Crippen MR) is 126 cm³/mol. The average molecular weight is 450 g/mol. The number of aliphatic hydroxyl groups is 1. The van der Waals surface area contributed by atoms with Gasteiger partial charge in [0.15, 0.2) is 11.5 Å². The van der Waals surface area contributed by atoms with Crippen LogP contribution >= 0.6 is 0 Å². The number of hydrogen-bond acceptors (Lipinski definition) is 8. The molecule has 4 aromatic rings. The van der Waals surface area contributed by atoms with Crippen LogP contribution in [-0.4, -0.2) is 88.2 Å². The first kappa shape index (κ1) is 20.4. The highest BCUT2D eigenvalue weighted by Gasteiger charge is 2.28. The molecule has 3 aromatic heterocycles. The molecule has 2 aliphatic rings. The lowest BCUT2D eigenvalue weighted by molar-refractivity contribution is 0.00315. The van der Waals surface area contributed by atoms with Crippen molar-refractivity contribution in [2.45, 2.75) is 19.1 Å². The third-order valence-corrected chi connectivity index (χ3v) is 6.44. The number of rotatable bonds is 4. The van der Waals surface area contributed by atoms with Crippen molar-refractivity contribution in [3.05, 3.63) is 30.5 Å². The van der Waals surface area contributed by atoms with E-state index in [-0.39, 0.29) is 18.8 Å². The highest BCUT2D eigenvalue weighted by Crippen LogP contribution is 2.32. The fourth-order valence-corrected chi connectivity index (χ4v) is 4.69. The van der Waals surface area contributed by atoms with E-state index in [0.717, 1.165) is 40.2 Å². The zero-order chi connectivity index (χ0) is 22.4. The molecule has 1 unspecified atom stereocenters. The normalized spacial score (nSPS) is 21.9. The van der Waals surface area contributed by atoms with Crippen molar-refractivity contribution in [2.75, 3.05) is 55.9 Å². The number of morpholine rings is 2. The Morgan fingerprint density at radius 2 is 2.09 bits per heavy atom. The molecule has 6 rings (SSSR count). The van der Waals surface area contributed by atoms with E-state index < -0.39 is 0 Å². The van der Waals surface area contributed by atoms with Gasteiger partial charge >= 0.3 is 0 Å². The van der Waals surface area contributed by atoms with Gasteiger partial charge in [-0.15, -0.1) is 0 Å². The lowest BCUT2D eigenvalue weighted by atomic mass is 10.1. The number of hydrogen-bond donors (Lipinski definition) is 3. The molecule has 2 fully saturated rings. The third-order valence-electron chi connectivity index (χ3n) is 6.44. The van der Waals surface area contributed by atoms with Crippen LogP contribution in [0, 0.1) is 0 Å². The summed E-state index contributed by atoms with van der Waals surface area (Å²) in [5.41, 5.74) is 3.52. The first-order chi connectivity index (χ1) is 16.2. The standard InChI is InChI=1S/C23H27N7O3/c1-14-13-32-9-8-30(14)22-19-21(27-23(28-22)29-7-10-33-15(11-29)12-31)26-20(25-19)17-3-2-4-18-16(17)5-6-24-18/h2-6,14-15,24,31H,7-13H2,1H3,(H,25,26,27,28)/t14-,15?/m0/s1. The van der Waals surface area contributed by atoms with Gasteiger partial charge in [0.2, 0.25) is 5.95 Å². The highest BCUT2D eigenvalue weighted by molar-refractivity contribution is 5.96. The maximum absolute atomic E-state index is 9.58. The van der Waals surface area contributed by atoms with Gasteiger partial charge in [0.1, 0.15) is 11.3 Å². The van der Waals surface area contributed by atoms with Crippen LogP contribution in [0.3, 0.4) is 0 Å². The van der Waals surface area contributed by atoms with Crippen LogP contribution in [-0.2, 0) is 9.47 Å². The minimum Gasteiger partial charge on any atom is -0.394 e. The Balaban J connectivity index is 1.50. The van der Waals surface area contributed by atoms with Gasteiger partial charge in [0, 0.05) is 42.3 Å². The van der Waals surface area contributed by atoms with Crippen LogP contribution in [0.25, 0.3) is 33.5 Å². The number of nitrogens with zero attached hydrogens (tertiary/aromatic N) is 5. The van der Waals surface area contributed by atoms with Crippen LogP contribution in [0.4, 0.5) is 11.8 Å². The fourth-order valence-electron chi connectivity index (χ4n) is 4.69. The van der Waals surface area contributed by atoms with Crippen molar-refractivity contribution in [3.63, 3.8) is 0 Å². The van der Waals surface area contributed by atoms with E-state index in [1.807, 2.05) is 12.3 Å². The van der Waals surface area contributed by atoms with Crippen molar-refractivity contribution in [2.24, 2.45) is 0 Å². The summed E-state index contributed by atoms with van der Waals surface area (Å²) in [7, 11) is 0. The lowest BCUT2D eigenvalue weighted by Gasteiger charge is -2.36. The van der Waals surface area contributed by atoms with E-state index in [1.165, 1.54) is 0 Å². The molecule has 0 aliphatic carbocycles. The summed E-state index contributed by atoms with van der Waals surface area (Å²) in [5, 5.41) is 10.7. The largest absolute Gasteiger partial charge is 0.394 e. The van der Waals surface area contributed by atoms with Gasteiger partial charge in [0.05, 0.1) is 38.6 Å². The highest BCUT2D eigenvalue weighted by atomic mass is 16.5. The molecule has 0 spiro atoms. The second-order valence-corrected chi connectivity index (χ2v) is 8.61. The van der Waals surface area contributed by atoms with Gasteiger partial charge in [-0.1, -0.05) is 12.1 Å². The maximum Gasteiger partial charge on any atom is 0.229 e. The molecule has 2 saturated heterocycles. The molecular weight excluding hydrogens is 422 g/mol. The molecule has 10 nitrogen and oxygen atoms in total. The topological polar surface area (TPSA) is 115 Å². The van der Waals surface area contributed by atoms with Crippen molar-refractivity contribution in [1.29, 1.82) is 0 Å². The molecular formula is C23H27N7O3. The van der Waals surface area contributed by atoms with Crippen molar-refractivity contribution >= 4 is 33.8 Å². The Morgan fingerprint density at radius 1 is 1.15 bits per heavy atom. The van der Waals surface area contributed by atoms with Gasteiger partial charge in [-0.2, -0.15) is 9.97 Å². The molecule has 10 heteroatoms. The maximum atomic E-state index is 9.58. The monoisotopic (exact) mass is 449 g/mol. The van der Waals surface area contributed by atoms with Crippen LogP contribution in [0.15, 0.2) is 30.5 Å². The molecule has 2 atom stereocenters. The van der Waals surface area contributed by atoms with Crippen molar-refractivity contribution in [1.82, 2.24) is 24.9 Å². The molecule has 0 amide bonds. The number of H-pyrrole nitrogens is 2. The quantitative estimate of drug-likeness (QED) is 0.433. The summed E-state index contributed by atoms with van der Waals surface area (Å²) in [4.78, 5) is 25.8. The summed E-state index contributed by atoms with van der Waals surface area (Å²) in [5.74, 6) is 2.20. The number of aliphatic hydroxyl groups excluding tert-OH is 1. The molecule has 2 aliphatic heterocycles. The fraction of sp³-hybridized carbons (Fsp3) is 0.435. The van der Waals surface area contributed by atoms with E-state index in [0.29, 0.717) is 44.5 Å². The Kier molecular flexibility index (Phi) is 5.12. The summed E-state index contributed by atoms with van der Waals surface area (Å²) in [6.45, 7) is 5.89. The van der Waals surface area contributed by atoms with Gasteiger partial charge in [-0.25, -0.2) is 4.98 Å². The van der Waals surface area contributed by atoms with E-state index in [4.69, 9.17) is 24.4 Å². The smallest absolute Gasteiger partial charge is 0.229 e. The molecule has 0 saturated carbocycles. The summed E-state index contributed by atoms with van der Waals surface area (Å²) in [6, 6.07) is 8.37. The number of aromatic nitrogens is 5. The van der Waals surface area contributed by atoms with Crippen molar-refractivity contribution < 1.29 is 14.6 Å². The number of benzene rings is 1. The minimum atomic E-state index is -0.246. The Labute approximate surface area is 190 Å². The van der Waals surface area contributed by atoms with Crippen molar-refractivity contribution in [3.8, 4) is 11.4 Å². The number of nitrogens with one attached hydrogen (secondary N) is 2. The summed E-state index contributed by atoms with van der Waals surface area (Å²) >= 11 is 0. The second kappa shape index (κ2) is 8.29. The van der Waals surface area contributed by atoms with Crippen LogP contribution in [0.1, 0.15) is 6.92 Å². The average Bonchev–Trinajstić information content (AvgIpc) is 3.51. The molecule has 0 bridgehead atoms. The zero-order valence-corrected chi connectivity index (χ0v) is 18.5. The summed E-state index contributed by atoms with van der Waals surface area (Å²) in [6.07, 6.45) is 1.69. The van der Waals surface area contributed by atoms with Gasteiger partial charge in [-0.05, 0) is 19.1 Å². The predicted octanol–water partition coefficient (Wildman–Crippen LogP) is 1.92. The van der Waals surface area contributed by atoms with Crippen LogP contribution in [0.5, 0.6) is 0 Å². The van der Waals surface area contributed by atoms with Crippen LogP contribution in [0.2, 0.25) is 0 Å². The molecule has 33 heavy (non-hydrogen) atoms. The molecule has 5 heterocycles. The number of anilines is 2. The molecule has 0 radical (unpaired) electrons. The number of imidazole rings is 1. The molecule has 3 N–H and O–H groups in total. The zero-order valence-electron chi connectivity index (χ0n) is 18.5. The van der Waals surface area contributed by atoms with E-state index in [2.05, 4.69) is 44.9 Å². The number of aromatic amines is 2.